The largest absolute Gasteiger partial charge is 0.444 e. The second kappa shape index (κ2) is 9.97. The molecule has 3 aliphatic rings. The van der Waals surface area contributed by atoms with Crippen LogP contribution in [0.25, 0.3) is 0 Å². The van der Waals surface area contributed by atoms with Gasteiger partial charge in [-0.1, -0.05) is 30.3 Å². The zero-order valence-electron chi connectivity index (χ0n) is 21.3. The van der Waals surface area contributed by atoms with Gasteiger partial charge in [0.05, 0.1) is 12.6 Å². The van der Waals surface area contributed by atoms with Gasteiger partial charge in [-0.05, 0) is 65.1 Å². The van der Waals surface area contributed by atoms with Gasteiger partial charge >= 0.3 is 6.09 Å². The highest BCUT2D eigenvalue weighted by atomic mass is 28.3. The quantitative estimate of drug-likeness (QED) is 0.505. The van der Waals surface area contributed by atoms with Gasteiger partial charge in [0.2, 0.25) is 14.3 Å². The molecule has 0 aromatic heterocycles. The summed E-state index contributed by atoms with van der Waals surface area (Å²) in [5.41, 5.74) is 3.90. The van der Waals surface area contributed by atoms with Crippen LogP contribution in [0.4, 0.5) is 4.79 Å². The van der Waals surface area contributed by atoms with E-state index in [9.17, 15) is 9.59 Å². The molecule has 2 amide bonds. The number of nitrogens with zero attached hydrogens (tertiary/aromatic N) is 3. The summed E-state index contributed by atoms with van der Waals surface area (Å²) in [6.45, 7) is 12.9. The summed E-state index contributed by atoms with van der Waals surface area (Å²) in [6.07, 6.45) is 3.15. The third-order valence-electron chi connectivity index (χ3n) is 7.21. The van der Waals surface area contributed by atoms with Crippen LogP contribution in [0.3, 0.4) is 0 Å². The Labute approximate surface area is 204 Å². The first-order valence-electron chi connectivity index (χ1n) is 12.6. The molecule has 34 heavy (non-hydrogen) atoms. The number of hydrogen-bond acceptors (Lipinski definition) is 6. The Morgan fingerprint density at radius 3 is 2.41 bits per heavy atom. The highest BCUT2D eigenvalue weighted by Crippen LogP contribution is 2.37. The fourth-order valence-corrected chi connectivity index (χ4v) is 9.36. The number of hydrogen-bond donors (Lipinski definition) is 1. The van der Waals surface area contributed by atoms with Gasteiger partial charge in [-0.2, -0.15) is 5.48 Å². The van der Waals surface area contributed by atoms with Crippen LogP contribution in [0.2, 0.25) is 13.1 Å². The third kappa shape index (κ3) is 5.48. The van der Waals surface area contributed by atoms with E-state index in [-0.39, 0.29) is 30.1 Å². The van der Waals surface area contributed by atoms with Crippen molar-refractivity contribution >= 4 is 20.4 Å². The molecule has 1 aromatic carbocycles. The van der Waals surface area contributed by atoms with E-state index in [4.69, 9.17) is 9.57 Å². The number of ether oxygens (including phenoxy) is 1. The van der Waals surface area contributed by atoms with E-state index in [1.165, 1.54) is 0 Å². The van der Waals surface area contributed by atoms with E-state index >= 15 is 0 Å². The van der Waals surface area contributed by atoms with Gasteiger partial charge in [-0.15, -0.1) is 0 Å². The molecule has 4 rings (SSSR count). The minimum atomic E-state index is -2.13. The molecular formula is C25H40N4O4Si. The summed E-state index contributed by atoms with van der Waals surface area (Å²) in [6, 6.07) is 10.5. The number of hydroxylamine groups is 1. The Morgan fingerprint density at radius 1 is 1.09 bits per heavy atom. The van der Waals surface area contributed by atoms with Crippen LogP contribution in [0.5, 0.6) is 0 Å². The molecule has 3 aliphatic heterocycles. The second-order valence-corrected chi connectivity index (χ2v) is 15.3. The molecular weight excluding hydrogens is 448 g/mol. The third-order valence-corrected chi connectivity index (χ3v) is 10.9. The Morgan fingerprint density at radius 2 is 1.76 bits per heavy atom. The maximum Gasteiger partial charge on any atom is 0.410 e. The lowest BCUT2D eigenvalue weighted by molar-refractivity contribution is -0.131. The fourth-order valence-electron chi connectivity index (χ4n) is 5.57. The average Bonchev–Trinajstić information content (AvgIpc) is 2.98. The number of carbonyl (C=O) groups is 2. The van der Waals surface area contributed by atoms with Crippen molar-refractivity contribution in [1.82, 2.24) is 19.5 Å². The number of piperidine rings is 2. The van der Waals surface area contributed by atoms with Crippen molar-refractivity contribution in [1.29, 1.82) is 0 Å². The van der Waals surface area contributed by atoms with Gasteiger partial charge < -0.3 is 14.2 Å². The number of fused-ring (bicyclic) bond motifs is 1. The van der Waals surface area contributed by atoms with E-state index in [2.05, 4.69) is 39.8 Å². The molecule has 0 radical (unpaired) electrons. The number of nitrogens with one attached hydrogen (secondary N) is 1. The smallest absolute Gasteiger partial charge is 0.410 e. The van der Waals surface area contributed by atoms with Crippen LogP contribution in [-0.4, -0.2) is 77.8 Å². The first-order chi connectivity index (χ1) is 16.1. The summed E-state index contributed by atoms with van der Waals surface area (Å²) in [5.74, 6) is 0.288. The topological polar surface area (TPSA) is 74.3 Å². The molecule has 0 spiro atoms. The van der Waals surface area contributed by atoms with Crippen molar-refractivity contribution < 1.29 is 19.2 Å². The van der Waals surface area contributed by atoms with Crippen LogP contribution in [0.1, 0.15) is 52.0 Å². The summed E-state index contributed by atoms with van der Waals surface area (Å²) < 4.78 is 10.2. The highest BCUT2D eigenvalue weighted by molar-refractivity contribution is 6.76. The Bertz CT molecular complexity index is 867. The van der Waals surface area contributed by atoms with Gasteiger partial charge in [0.15, 0.2) is 0 Å². The Balaban J connectivity index is 1.33. The molecule has 3 saturated heterocycles. The summed E-state index contributed by atoms with van der Waals surface area (Å²) in [5, 5.41) is 0. The molecule has 1 N–H and O–H groups in total. The fraction of sp³-hybridized carbons (Fsp3) is 0.680. The van der Waals surface area contributed by atoms with Gasteiger partial charge in [-0.3, -0.25) is 14.2 Å². The minimum Gasteiger partial charge on any atom is -0.444 e. The van der Waals surface area contributed by atoms with Gasteiger partial charge in [0, 0.05) is 31.7 Å². The molecule has 3 heterocycles. The Kier molecular flexibility index (Phi) is 7.38. The second-order valence-electron chi connectivity index (χ2n) is 11.2. The molecule has 0 aliphatic carbocycles. The van der Waals surface area contributed by atoms with E-state index < -0.39 is 14.0 Å². The molecule has 0 unspecified atom stereocenters. The first kappa shape index (κ1) is 25.2. The minimum absolute atomic E-state index is 0.0160. The number of rotatable bonds is 5. The number of benzene rings is 1. The van der Waals surface area contributed by atoms with Crippen molar-refractivity contribution in [3.05, 3.63) is 35.9 Å². The lowest BCUT2D eigenvalue weighted by atomic mass is 9.99. The number of likely N-dealkylation sites (tertiary alicyclic amines) is 1. The zero-order valence-corrected chi connectivity index (χ0v) is 22.3. The van der Waals surface area contributed by atoms with Crippen LogP contribution in [0, 0.1) is 0 Å². The van der Waals surface area contributed by atoms with E-state index in [0.717, 1.165) is 37.8 Å². The van der Waals surface area contributed by atoms with Crippen molar-refractivity contribution in [3.8, 4) is 0 Å². The summed E-state index contributed by atoms with van der Waals surface area (Å²) in [4.78, 5) is 33.6. The Hall–Kier alpha value is -1.94. The molecule has 0 bridgehead atoms. The van der Waals surface area contributed by atoms with Gasteiger partial charge in [0.1, 0.15) is 5.60 Å². The lowest BCUT2D eigenvalue weighted by Gasteiger charge is -2.45. The van der Waals surface area contributed by atoms with Crippen LogP contribution in [0.15, 0.2) is 30.3 Å². The molecule has 1 aromatic rings. The normalized spacial score (nSPS) is 26.0. The molecule has 0 saturated carbocycles. The SMILES string of the molecule is CC(C)(C)OC(=O)N1CCC(N2C(=O)[C@@H]3CC[C@@H](NOCc4ccccc4)CN3[Si]2(C)C)CC1. The predicted molar refractivity (Wildman–Crippen MR) is 133 cm³/mol. The zero-order chi connectivity index (χ0) is 24.5. The molecule has 8 nitrogen and oxygen atoms in total. The molecule has 3 fully saturated rings. The standard InChI is InChI=1S/C25H40N4O4Si/c1-25(2,3)33-24(31)27-15-13-21(14-16-27)29-23(30)22-12-11-20(17-28(22)34(29,4)5)26-32-18-19-9-7-6-8-10-19/h6-10,20-22,26H,11-18H2,1-5H3/t20-,22+/m1/s1. The first-order valence-corrected chi connectivity index (χ1v) is 15.4. The van der Waals surface area contributed by atoms with Crippen molar-refractivity contribution in [2.45, 2.75) is 89.9 Å². The monoisotopic (exact) mass is 488 g/mol. The van der Waals surface area contributed by atoms with Crippen LogP contribution in [-0.2, 0) is 21.0 Å². The number of amides is 2. The predicted octanol–water partition coefficient (Wildman–Crippen LogP) is 3.48. The van der Waals surface area contributed by atoms with Gasteiger partial charge in [-0.25, -0.2) is 4.79 Å². The molecule has 9 heteroatoms. The number of carbonyl (C=O) groups excluding carboxylic acids is 2. The van der Waals surface area contributed by atoms with Crippen molar-refractivity contribution in [2.24, 2.45) is 0 Å². The maximum absolute atomic E-state index is 13.5. The molecule has 2 atom stereocenters. The summed E-state index contributed by atoms with van der Waals surface area (Å²) in [7, 11) is -2.13. The highest BCUT2D eigenvalue weighted by Gasteiger charge is 2.57. The lowest BCUT2D eigenvalue weighted by Crippen LogP contribution is -2.63. The van der Waals surface area contributed by atoms with E-state index in [1.54, 1.807) is 4.90 Å². The average molecular weight is 489 g/mol. The van der Waals surface area contributed by atoms with Gasteiger partial charge in [0.25, 0.3) is 0 Å². The van der Waals surface area contributed by atoms with E-state index in [0.29, 0.717) is 19.7 Å². The van der Waals surface area contributed by atoms with Crippen molar-refractivity contribution in [3.63, 3.8) is 0 Å². The van der Waals surface area contributed by atoms with Crippen LogP contribution < -0.4 is 5.48 Å². The van der Waals surface area contributed by atoms with Crippen LogP contribution >= 0.6 is 0 Å². The molecule has 188 valence electrons. The van der Waals surface area contributed by atoms with Crippen molar-refractivity contribution in [2.75, 3.05) is 19.6 Å². The van der Waals surface area contributed by atoms with E-state index in [1.807, 2.05) is 39.0 Å². The maximum atomic E-state index is 13.5. The summed E-state index contributed by atoms with van der Waals surface area (Å²) >= 11 is 0.